The molecule has 2 aromatic rings. The second-order valence-electron chi connectivity index (χ2n) is 6.48. The Morgan fingerprint density at radius 2 is 1.97 bits per heavy atom. The van der Waals surface area contributed by atoms with E-state index in [9.17, 15) is 4.79 Å². The summed E-state index contributed by atoms with van der Waals surface area (Å²) in [5.74, 6) is 1.01. The Balaban J connectivity index is 1.96. The number of pyridine rings is 1. The fourth-order valence-corrected chi connectivity index (χ4v) is 2.84. The van der Waals surface area contributed by atoms with Crippen LogP contribution in [0.3, 0.4) is 0 Å². The van der Waals surface area contributed by atoms with E-state index < -0.39 is 0 Å². The number of aromatic nitrogens is 1. The van der Waals surface area contributed by atoms with Crippen molar-refractivity contribution in [3.8, 4) is 17.6 Å². The van der Waals surface area contributed by atoms with E-state index >= 15 is 0 Å². The van der Waals surface area contributed by atoms with Crippen LogP contribution < -0.4 is 14.8 Å². The Bertz CT molecular complexity index is 873. The lowest BCUT2D eigenvalue weighted by molar-refractivity contribution is 0.0945. The maximum absolute atomic E-state index is 12.3. The molecule has 0 saturated heterocycles. The van der Waals surface area contributed by atoms with Crippen molar-refractivity contribution in [2.45, 2.75) is 27.3 Å². The first kappa shape index (κ1) is 22.2. The maximum Gasteiger partial charge on any atom is 0.270 e. The molecule has 7 nitrogen and oxygen atoms in total. The highest BCUT2D eigenvalue weighted by Crippen LogP contribution is 2.28. The lowest BCUT2D eigenvalue weighted by Crippen LogP contribution is -2.28. The van der Waals surface area contributed by atoms with Crippen molar-refractivity contribution in [2.24, 2.45) is 0 Å². The van der Waals surface area contributed by atoms with E-state index in [1.54, 1.807) is 26.2 Å². The molecule has 2 rings (SSSR count). The largest absolute Gasteiger partial charge is 0.493 e. The summed E-state index contributed by atoms with van der Waals surface area (Å²) in [5.41, 5.74) is 2.16. The monoisotopic (exact) mass is 396 g/mol. The molecule has 0 aliphatic carbocycles. The number of hydrogen-bond acceptors (Lipinski definition) is 6. The smallest absolute Gasteiger partial charge is 0.270 e. The fraction of sp³-hybridized carbons (Fsp3) is 0.409. The molecular formula is C22H28N4O3. The molecule has 7 heteroatoms. The highest BCUT2D eigenvalue weighted by atomic mass is 16.5. The summed E-state index contributed by atoms with van der Waals surface area (Å²) in [4.78, 5) is 18.8. The minimum atomic E-state index is -0.295. The van der Waals surface area contributed by atoms with Gasteiger partial charge in [-0.3, -0.25) is 4.79 Å². The number of nitriles is 1. The first-order chi connectivity index (χ1) is 14.0. The van der Waals surface area contributed by atoms with Gasteiger partial charge in [0.2, 0.25) is 0 Å². The molecule has 1 aromatic carbocycles. The van der Waals surface area contributed by atoms with E-state index in [0.29, 0.717) is 35.9 Å². The third-order valence-electron chi connectivity index (χ3n) is 4.68. The summed E-state index contributed by atoms with van der Waals surface area (Å²) in [6.07, 6.45) is 0. The van der Waals surface area contributed by atoms with Crippen LogP contribution in [0.25, 0.3) is 0 Å². The molecule has 0 fully saturated rings. The first-order valence-corrected chi connectivity index (χ1v) is 9.70. The lowest BCUT2D eigenvalue weighted by atomic mass is 10.2. The van der Waals surface area contributed by atoms with Crippen LogP contribution in [-0.4, -0.2) is 49.1 Å². The molecule has 0 unspecified atom stereocenters. The number of rotatable bonds is 10. The third kappa shape index (κ3) is 6.19. The number of benzene rings is 1. The Hall–Kier alpha value is -3.11. The fourth-order valence-electron chi connectivity index (χ4n) is 2.84. The van der Waals surface area contributed by atoms with Gasteiger partial charge in [0.15, 0.2) is 11.5 Å². The SMILES string of the molecule is CCN(CC)CCOc1ccc(CNC(=O)c2ccc(C#N)c(C)n2)cc1OC. The summed E-state index contributed by atoms with van der Waals surface area (Å²) in [7, 11) is 1.60. The zero-order valence-corrected chi connectivity index (χ0v) is 17.5. The number of aryl methyl sites for hydroxylation is 1. The predicted molar refractivity (Wildman–Crippen MR) is 111 cm³/mol. The Labute approximate surface area is 172 Å². The van der Waals surface area contributed by atoms with E-state index in [1.807, 2.05) is 24.3 Å². The van der Waals surface area contributed by atoms with Gasteiger partial charge in [-0.1, -0.05) is 19.9 Å². The van der Waals surface area contributed by atoms with Crippen molar-refractivity contribution in [1.82, 2.24) is 15.2 Å². The van der Waals surface area contributed by atoms with Crippen LogP contribution in [0.2, 0.25) is 0 Å². The van der Waals surface area contributed by atoms with Gasteiger partial charge in [-0.05, 0) is 49.8 Å². The highest BCUT2D eigenvalue weighted by Gasteiger charge is 2.11. The molecule has 0 radical (unpaired) electrons. The number of nitrogens with zero attached hydrogens (tertiary/aromatic N) is 3. The first-order valence-electron chi connectivity index (χ1n) is 9.70. The molecule has 29 heavy (non-hydrogen) atoms. The average Bonchev–Trinajstić information content (AvgIpc) is 2.75. The predicted octanol–water partition coefficient (Wildman–Crippen LogP) is 2.92. The molecule has 1 amide bonds. The summed E-state index contributed by atoms with van der Waals surface area (Å²) < 4.78 is 11.3. The number of amides is 1. The second kappa shape index (κ2) is 11.0. The Kier molecular flexibility index (Phi) is 8.44. The summed E-state index contributed by atoms with van der Waals surface area (Å²) in [5, 5.41) is 11.8. The topological polar surface area (TPSA) is 87.5 Å². The molecule has 0 spiro atoms. The van der Waals surface area contributed by atoms with Crippen molar-refractivity contribution >= 4 is 5.91 Å². The van der Waals surface area contributed by atoms with Gasteiger partial charge in [-0.15, -0.1) is 0 Å². The summed E-state index contributed by atoms with van der Waals surface area (Å²) in [6.45, 7) is 9.70. The number of methoxy groups -OCH3 is 1. The number of likely N-dealkylation sites (N-methyl/N-ethyl adjacent to an activating group) is 1. The molecule has 0 bridgehead atoms. The van der Waals surface area contributed by atoms with Gasteiger partial charge in [0.1, 0.15) is 18.4 Å². The van der Waals surface area contributed by atoms with Gasteiger partial charge < -0.3 is 19.7 Å². The lowest BCUT2D eigenvalue weighted by Gasteiger charge is -2.19. The normalized spacial score (nSPS) is 10.5. The van der Waals surface area contributed by atoms with E-state index in [4.69, 9.17) is 14.7 Å². The van der Waals surface area contributed by atoms with Gasteiger partial charge in [0.05, 0.1) is 18.4 Å². The molecule has 1 aromatic heterocycles. The van der Waals surface area contributed by atoms with Crippen molar-refractivity contribution in [3.05, 3.63) is 52.8 Å². The van der Waals surface area contributed by atoms with Crippen LogP contribution in [-0.2, 0) is 6.54 Å². The molecule has 1 heterocycles. The van der Waals surface area contributed by atoms with Crippen molar-refractivity contribution in [2.75, 3.05) is 33.4 Å². The highest BCUT2D eigenvalue weighted by molar-refractivity contribution is 5.92. The van der Waals surface area contributed by atoms with Crippen molar-refractivity contribution in [3.63, 3.8) is 0 Å². The van der Waals surface area contributed by atoms with Gasteiger partial charge >= 0.3 is 0 Å². The minimum Gasteiger partial charge on any atom is -0.493 e. The third-order valence-corrected chi connectivity index (χ3v) is 4.68. The Morgan fingerprint density at radius 1 is 1.21 bits per heavy atom. The van der Waals surface area contributed by atoms with Crippen molar-refractivity contribution in [1.29, 1.82) is 5.26 Å². The number of carbonyl (C=O) groups excluding carboxylic acids is 1. The van der Waals surface area contributed by atoms with Gasteiger partial charge in [-0.25, -0.2) is 4.98 Å². The number of hydrogen-bond donors (Lipinski definition) is 1. The number of nitrogens with one attached hydrogen (secondary N) is 1. The van der Waals surface area contributed by atoms with Crippen LogP contribution in [0, 0.1) is 18.3 Å². The number of ether oxygens (including phenoxy) is 2. The molecule has 0 saturated carbocycles. The summed E-state index contributed by atoms with van der Waals surface area (Å²) >= 11 is 0. The molecule has 0 aliphatic heterocycles. The van der Waals surface area contributed by atoms with Crippen LogP contribution in [0.15, 0.2) is 30.3 Å². The van der Waals surface area contributed by atoms with Crippen LogP contribution >= 0.6 is 0 Å². The molecule has 0 atom stereocenters. The molecular weight excluding hydrogens is 368 g/mol. The van der Waals surface area contributed by atoms with E-state index in [2.05, 4.69) is 29.0 Å². The maximum atomic E-state index is 12.3. The van der Waals surface area contributed by atoms with Crippen LogP contribution in [0.5, 0.6) is 11.5 Å². The Morgan fingerprint density at radius 3 is 2.59 bits per heavy atom. The average molecular weight is 396 g/mol. The standard InChI is InChI=1S/C22H28N4O3/c1-5-26(6-2)11-12-29-20-10-7-17(13-21(20)28-4)15-24-22(27)19-9-8-18(14-23)16(3)25-19/h7-10,13H,5-6,11-12,15H2,1-4H3,(H,24,27). The van der Waals surface area contributed by atoms with Crippen LogP contribution in [0.1, 0.15) is 41.2 Å². The van der Waals surface area contributed by atoms with E-state index in [1.165, 1.54) is 0 Å². The minimum absolute atomic E-state index is 0.282. The molecule has 1 N–H and O–H groups in total. The van der Waals surface area contributed by atoms with Gasteiger partial charge in [0.25, 0.3) is 5.91 Å². The summed E-state index contributed by atoms with van der Waals surface area (Å²) in [6, 6.07) is 10.8. The van der Waals surface area contributed by atoms with Gasteiger partial charge in [-0.2, -0.15) is 5.26 Å². The van der Waals surface area contributed by atoms with E-state index in [0.717, 1.165) is 25.2 Å². The zero-order valence-electron chi connectivity index (χ0n) is 17.5. The number of carbonyl (C=O) groups is 1. The van der Waals surface area contributed by atoms with Gasteiger partial charge in [0, 0.05) is 13.1 Å². The van der Waals surface area contributed by atoms with E-state index in [-0.39, 0.29) is 11.6 Å². The molecule has 0 aliphatic rings. The van der Waals surface area contributed by atoms with Crippen LogP contribution in [0.4, 0.5) is 0 Å². The second-order valence-corrected chi connectivity index (χ2v) is 6.48. The molecule has 154 valence electrons. The van der Waals surface area contributed by atoms with Crippen molar-refractivity contribution < 1.29 is 14.3 Å². The zero-order chi connectivity index (χ0) is 21.2. The quantitative estimate of drug-likeness (QED) is 0.664.